The minimum Gasteiger partial charge on any atom is -0.481 e. The maximum Gasteiger partial charge on any atom is 0.407 e. The van der Waals surface area contributed by atoms with Gasteiger partial charge in [0, 0.05) is 35.9 Å². The Morgan fingerprint density at radius 3 is 2.48 bits per heavy atom. The number of hydrogen-bond donors (Lipinski definition) is 2. The molecule has 3 rings (SSSR count). The monoisotopic (exact) mass is 417 g/mol. The van der Waals surface area contributed by atoms with Crippen LogP contribution in [0.5, 0.6) is 5.88 Å². The van der Waals surface area contributed by atoms with Gasteiger partial charge >= 0.3 is 6.09 Å². The number of carbonyl (C=O) groups is 2. The van der Waals surface area contributed by atoms with E-state index in [1.807, 2.05) is 6.07 Å². The molecule has 1 fully saturated rings. The number of likely N-dealkylation sites (tertiary alicyclic amines) is 1. The number of rotatable bonds is 6. The zero-order chi connectivity index (χ0) is 20.8. The molecule has 7 nitrogen and oxygen atoms in total. The van der Waals surface area contributed by atoms with E-state index in [0.717, 1.165) is 18.4 Å². The second-order valence-electron chi connectivity index (χ2n) is 7.12. The lowest BCUT2D eigenvalue weighted by Gasteiger charge is -2.32. The highest BCUT2D eigenvalue weighted by atomic mass is 35.5. The van der Waals surface area contributed by atoms with Crippen molar-refractivity contribution in [2.45, 2.75) is 25.3 Å². The first-order valence-corrected chi connectivity index (χ1v) is 9.88. The van der Waals surface area contributed by atoms with Crippen LogP contribution in [0.3, 0.4) is 0 Å². The van der Waals surface area contributed by atoms with Crippen LogP contribution in [0.2, 0.25) is 5.02 Å². The van der Waals surface area contributed by atoms with Crippen LogP contribution in [-0.4, -0.2) is 47.2 Å². The summed E-state index contributed by atoms with van der Waals surface area (Å²) in [4.78, 5) is 29.6. The minimum atomic E-state index is -0.879. The molecule has 1 aliphatic rings. The lowest BCUT2D eigenvalue weighted by Crippen LogP contribution is -2.39. The molecule has 2 amide bonds. The number of nitrogens with one attached hydrogen (secondary N) is 1. The Balaban J connectivity index is 1.73. The summed E-state index contributed by atoms with van der Waals surface area (Å²) in [6.45, 7) is 1.03. The summed E-state index contributed by atoms with van der Waals surface area (Å²) in [6, 6.07) is 10.2. The van der Waals surface area contributed by atoms with E-state index in [1.165, 1.54) is 4.90 Å². The van der Waals surface area contributed by atoms with Gasteiger partial charge in [-0.1, -0.05) is 17.7 Å². The van der Waals surface area contributed by atoms with Gasteiger partial charge < -0.3 is 20.1 Å². The van der Waals surface area contributed by atoms with Crippen molar-refractivity contribution in [3.8, 4) is 5.88 Å². The SMILES string of the molecule is COc1ccc(C(CC2CCN(C(=O)O)CC2)NC(=O)c2ccc(Cl)cc2)cn1. The van der Waals surface area contributed by atoms with E-state index in [2.05, 4.69) is 10.3 Å². The van der Waals surface area contributed by atoms with Gasteiger partial charge in [0.1, 0.15) is 0 Å². The predicted octanol–water partition coefficient (Wildman–Crippen LogP) is 3.99. The van der Waals surface area contributed by atoms with E-state index < -0.39 is 6.09 Å². The first kappa shape index (κ1) is 20.9. The van der Waals surface area contributed by atoms with E-state index in [-0.39, 0.29) is 11.9 Å². The zero-order valence-electron chi connectivity index (χ0n) is 16.2. The lowest BCUT2D eigenvalue weighted by molar-refractivity contribution is 0.0922. The molecule has 1 aromatic heterocycles. The quantitative estimate of drug-likeness (QED) is 0.741. The maximum absolute atomic E-state index is 12.8. The first-order chi connectivity index (χ1) is 14.0. The molecule has 0 spiro atoms. The lowest BCUT2D eigenvalue weighted by atomic mass is 9.88. The summed E-state index contributed by atoms with van der Waals surface area (Å²) in [6.07, 6.45) is 3.07. The van der Waals surface area contributed by atoms with Crippen LogP contribution in [0.4, 0.5) is 4.79 Å². The molecule has 2 heterocycles. The van der Waals surface area contributed by atoms with E-state index in [1.54, 1.807) is 43.6 Å². The van der Waals surface area contributed by atoms with Crippen molar-refractivity contribution in [1.82, 2.24) is 15.2 Å². The summed E-state index contributed by atoms with van der Waals surface area (Å²) in [5.41, 5.74) is 1.41. The second-order valence-corrected chi connectivity index (χ2v) is 7.55. The molecule has 1 unspecified atom stereocenters. The number of methoxy groups -OCH3 is 1. The third-order valence-corrected chi connectivity index (χ3v) is 5.49. The summed E-state index contributed by atoms with van der Waals surface area (Å²) in [7, 11) is 1.55. The van der Waals surface area contributed by atoms with Gasteiger partial charge in [-0.05, 0) is 55.0 Å². The molecule has 1 aromatic carbocycles. The van der Waals surface area contributed by atoms with Gasteiger partial charge in [0.15, 0.2) is 0 Å². The summed E-state index contributed by atoms with van der Waals surface area (Å²) in [5.74, 6) is 0.625. The smallest absolute Gasteiger partial charge is 0.407 e. The fraction of sp³-hybridized carbons (Fsp3) is 0.381. The summed E-state index contributed by atoms with van der Waals surface area (Å²) < 4.78 is 5.12. The molecule has 154 valence electrons. The number of halogens is 1. The van der Waals surface area contributed by atoms with Crippen LogP contribution in [0.15, 0.2) is 42.6 Å². The number of pyridine rings is 1. The van der Waals surface area contributed by atoms with Gasteiger partial charge in [0.2, 0.25) is 5.88 Å². The molecule has 2 aromatic rings. The predicted molar refractivity (Wildman–Crippen MR) is 109 cm³/mol. The Bertz CT molecular complexity index is 834. The molecule has 1 aliphatic heterocycles. The number of piperidine rings is 1. The molecule has 0 radical (unpaired) electrons. The molecular weight excluding hydrogens is 394 g/mol. The number of ether oxygens (including phenoxy) is 1. The molecule has 0 bridgehead atoms. The highest BCUT2D eigenvalue weighted by molar-refractivity contribution is 6.30. The Kier molecular flexibility index (Phi) is 6.93. The fourth-order valence-electron chi connectivity index (χ4n) is 3.53. The largest absolute Gasteiger partial charge is 0.481 e. The normalized spacial score (nSPS) is 15.6. The number of benzene rings is 1. The number of aromatic nitrogens is 1. The van der Waals surface area contributed by atoms with Crippen LogP contribution >= 0.6 is 11.6 Å². The maximum atomic E-state index is 12.8. The van der Waals surface area contributed by atoms with Crippen LogP contribution in [-0.2, 0) is 0 Å². The molecular formula is C21H24ClN3O4. The standard InChI is InChI=1S/C21H24ClN3O4/c1-29-19-7-4-16(13-23-19)18(12-14-8-10-25(11-9-14)21(27)28)24-20(26)15-2-5-17(22)6-3-15/h2-7,13-14,18H,8-12H2,1H3,(H,24,26)(H,27,28). The van der Waals surface area contributed by atoms with Crippen LogP contribution in [0.1, 0.15) is 41.2 Å². The molecule has 8 heteroatoms. The van der Waals surface area contributed by atoms with Gasteiger partial charge in [0.25, 0.3) is 5.91 Å². The zero-order valence-corrected chi connectivity index (χ0v) is 16.9. The van der Waals surface area contributed by atoms with Crippen molar-refractivity contribution in [2.75, 3.05) is 20.2 Å². The average molecular weight is 418 g/mol. The van der Waals surface area contributed by atoms with E-state index in [4.69, 9.17) is 21.4 Å². The van der Waals surface area contributed by atoms with Crippen molar-refractivity contribution in [1.29, 1.82) is 0 Å². The fourth-order valence-corrected chi connectivity index (χ4v) is 3.66. The van der Waals surface area contributed by atoms with Gasteiger partial charge in [-0.3, -0.25) is 4.79 Å². The number of hydrogen-bond acceptors (Lipinski definition) is 4. The Labute approximate surface area is 174 Å². The van der Waals surface area contributed by atoms with Gasteiger partial charge in [0.05, 0.1) is 13.2 Å². The van der Waals surface area contributed by atoms with Crippen LogP contribution in [0, 0.1) is 5.92 Å². The summed E-state index contributed by atoms with van der Waals surface area (Å²) >= 11 is 5.91. The van der Waals surface area contributed by atoms with Crippen molar-refractivity contribution in [2.24, 2.45) is 5.92 Å². The molecule has 29 heavy (non-hydrogen) atoms. The molecule has 2 N–H and O–H groups in total. The first-order valence-electron chi connectivity index (χ1n) is 9.50. The Morgan fingerprint density at radius 1 is 1.24 bits per heavy atom. The highest BCUT2D eigenvalue weighted by Gasteiger charge is 2.26. The number of amides is 2. The number of carboxylic acid groups (broad SMARTS) is 1. The number of carbonyl (C=O) groups excluding carboxylic acids is 1. The van der Waals surface area contributed by atoms with Crippen molar-refractivity contribution in [3.05, 3.63) is 58.7 Å². The molecule has 0 saturated carbocycles. The number of nitrogens with zero attached hydrogens (tertiary/aromatic N) is 2. The van der Waals surface area contributed by atoms with Crippen LogP contribution < -0.4 is 10.1 Å². The van der Waals surface area contributed by atoms with Crippen LogP contribution in [0.25, 0.3) is 0 Å². The minimum absolute atomic E-state index is 0.189. The van der Waals surface area contributed by atoms with Gasteiger partial charge in [-0.25, -0.2) is 9.78 Å². The Morgan fingerprint density at radius 2 is 1.93 bits per heavy atom. The summed E-state index contributed by atoms with van der Waals surface area (Å²) in [5, 5.41) is 12.8. The van der Waals surface area contributed by atoms with Gasteiger partial charge in [-0.2, -0.15) is 0 Å². The second kappa shape index (κ2) is 9.60. The molecule has 0 aliphatic carbocycles. The topological polar surface area (TPSA) is 91.8 Å². The molecule has 1 atom stereocenters. The van der Waals surface area contributed by atoms with E-state index >= 15 is 0 Å². The van der Waals surface area contributed by atoms with Gasteiger partial charge in [-0.15, -0.1) is 0 Å². The van der Waals surface area contributed by atoms with Crippen molar-refractivity contribution in [3.63, 3.8) is 0 Å². The van der Waals surface area contributed by atoms with Crippen molar-refractivity contribution >= 4 is 23.6 Å². The average Bonchev–Trinajstić information content (AvgIpc) is 2.74. The van der Waals surface area contributed by atoms with E-state index in [0.29, 0.717) is 41.9 Å². The Hall–Kier alpha value is -2.80. The molecule has 1 saturated heterocycles. The highest BCUT2D eigenvalue weighted by Crippen LogP contribution is 2.29. The third-order valence-electron chi connectivity index (χ3n) is 5.24. The third kappa shape index (κ3) is 5.60. The van der Waals surface area contributed by atoms with Crippen molar-refractivity contribution < 1.29 is 19.4 Å². The van der Waals surface area contributed by atoms with E-state index in [9.17, 15) is 9.59 Å².